The molecule has 0 unspecified atom stereocenters. The van der Waals surface area contributed by atoms with Gasteiger partial charge in [-0.3, -0.25) is 14.7 Å². The Morgan fingerprint density at radius 1 is 1.42 bits per heavy atom. The molecular weight excluding hydrogens is 326 g/mol. The smallest absolute Gasteiger partial charge is 0.275 e. The van der Waals surface area contributed by atoms with Gasteiger partial charge in [0, 0.05) is 44.0 Å². The minimum Gasteiger partial charge on any atom is -0.375 e. The fourth-order valence-electron chi connectivity index (χ4n) is 3.47. The zero-order chi connectivity index (χ0) is 16.4. The van der Waals surface area contributed by atoms with Crippen molar-refractivity contribution in [1.29, 1.82) is 0 Å². The van der Waals surface area contributed by atoms with Crippen molar-refractivity contribution in [1.82, 2.24) is 24.4 Å². The minimum absolute atomic E-state index is 0.0332. The van der Waals surface area contributed by atoms with Gasteiger partial charge in [0.05, 0.1) is 18.8 Å². The summed E-state index contributed by atoms with van der Waals surface area (Å²) in [4.78, 5) is 21.0. The van der Waals surface area contributed by atoms with Crippen molar-refractivity contribution in [2.24, 2.45) is 0 Å². The van der Waals surface area contributed by atoms with Crippen LogP contribution in [0.25, 0.3) is 0 Å². The monoisotopic (exact) mass is 345 g/mol. The zero-order valence-corrected chi connectivity index (χ0v) is 14.1. The van der Waals surface area contributed by atoms with Crippen LogP contribution in [0.3, 0.4) is 0 Å². The first-order valence-corrected chi connectivity index (χ1v) is 8.96. The lowest BCUT2D eigenvalue weighted by molar-refractivity contribution is -0.101. The van der Waals surface area contributed by atoms with Crippen molar-refractivity contribution in [3.8, 4) is 0 Å². The molecule has 126 valence electrons. The van der Waals surface area contributed by atoms with Gasteiger partial charge < -0.3 is 9.64 Å². The summed E-state index contributed by atoms with van der Waals surface area (Å²) in [7, 11) is 0. The van der Waals surface area contributed by atoms with E-state index in [1.165, 1.54) is 17.1 Å². The average molecular weight is 345 g/mol. The highest BCUT2D eigenvalue weighted by atomic mass is 32.1. The fraction of sp³-hybridized carbons (Fsp3) is 0.500. The number of amides is 1. The van der Waals surface area contributed by atoms with Gasteiger partial charge in [-0.1, -0.05) is 10.6 Å². The van der Waals surface area contributed by atoms with Gasteiger partial charge in [0.1, 0.15) is 0 Å². The van der Waals surface area contributed by atoms with Crippen molar-refractivity contribution in [2.75, 3.05) is 26.2 Å². The number of fused-ring (bicyclic) bond motifs is 1. The van der Waals surface area contributed by atoms with Crippen LogP contribution in [0.2, 0.25) is 0 Å². The van der Waals surface area contributed by atoms with E-state index in [9.17, 15) is 4.79 Å². The largest absolute Gasteiger partial charge is 0.375 e. The van der Waals surface area contributed by atoms with Crippen molar-refractivity contribution < 1.29 is 9.53 Å². The van der Waals surface area contributed by atoms with E-state index in [1.807, 2.05) is 17.2 Å². The summed E-state index contributed by atoms with van der Waals surface area (Å²) in [6, 6.07) is 4.26. The molecule has 4 rings (SSSR count). The van der Waals surface area contributed by atoms with Gasteiger partial charge in [-0.2, -0.15) is 0 Å². The molecular formula is C16H19N5O2S. The highest BCUT2D eigenvalue weighted by molar-refractivity contribution is 7.03. The Morgan fingerprint density at radius 2 is 2.38 bits per heavy atom. The molecule has 8 heteroatoms. The molecule has 1 amide bonds. The van der Waals surface area contributed by atoms with E-state index >= 15 is 0 Å². The van der Waals surface area contributed by atoms with E-state index in [2.05, 4.69) is 25.5 Å². The van der Waals surface area contributed by atoms with Crippen LogP contribution in [0.4, 0.5) is 0 Å². The molecule has 0 radical (unpaired) electrons. The number of rotatable bonds is 3. The van der Waals surface area contributed by atoms with E-state index in [1.54, 1.807) is 11.6 Å². The molecule has 2 aliphatic heterocycles. The van der Waals surface area contributed by atoms with Crippen molar-refractivity contribution in [3.05, 3.63) is 41.2 Å². The molecule has 4 heterocycles. The second kappa shape index (κ2) is 6.92. The zero-order valence-electron chi connectivity index (χ0n) is 13.2. The normalized spacial score (nSPS) is 24.6. The van der Waals surface area contributed by atoms with E-state index in [4.69, 9.17) is 4.74 Å². The average Bonchev–Trinajstić information content (AvgIpc) is 3.17. The van der Waals surface area contributed by atoms with Crippen molar-refractivity contribution >= 4 is 17.4 Å². The summed E-state index contributed by atoms with van der Waals surface area (Å²) in [6.07, 6.45) is 4.73. The Balaban J connectivity index is 1.48. The van der Waals surface area contributed by atoms with E-state index in [-0.39, 0.29) is 18.1 Å². The molecule has 24 heavy (non-hydrogen) atoms. The molecule has 0 aromatic carbocycles. The SMILES string of the molecule is O=C(c1csnn1)N1CC[C@@H]2OCCN(Cc3cccnc3)[C@H]2C1. The third-order valence-electron chi connectivity index (χ3n) is 4.67. The van der Waals surface area contributed by atoms with Crippen LogP contribution in [-0.4, -0.2) is 68.7 Å². The topological polar surface area (TPSA) is 71.5 Å². The maximum absolute atomic E-state index is 12.6. The molecule has 0 aliphatic carbocycles. The Bertz CT molecular complexity index is 681. The van der Waals surface area contributed by atoms with Gasteiger partial charge >= 0.3 is 0 Å². The van der Waals surface area contributed by atoms with Crippen molar-refractivity contribution in [3.63, 3.8) is 0 Å². The molecule has 7 nitrogen and oxygen atoms in total. The second-order valence-electron chi connectivity index (χ2n) is 6.14. The van der Waals surface area contributed by atoms with E-state index in [0.29, 0.717) is 18.8 Å². The van der Waals surface area contributed by atoms with Crippen LogP contribution in [0, 0.1) is 0 Å². The number of aromatic nitrogens is 3. The maximum atomic E-state index is 12.6. The highest BCUT2D eigenvalue weighted by Crippen LogP contribution is 2.25. The number of nitrogens with zero attached hydrogens (tertiary/aromatic N) is 5. The Labute approximate surface area is 144 Å². The lowest BCUT2D eigenvalue weighted by Gasteiger charge is -2.47. The first-order valence-electron chi connectivity index (χ1n) is 8.12. The van der Waals surface area contributed by atoms with Gasteiger partial charge in [0.15, 0.2) is 5.69 Å². The van der Waals surface area contributed by atoms with E-state index in [0.717, 1.165) is 26.1 Å². The van der Waals surface area contributed by atoms with E-state index < -0.39 is 0 Å². The van der Waals surface area contributed by atoms with Crippen LogP contribution in [0.15, 0.2) is 29.9 Å². The number of hydrogen-bond acceptors (Lipinski definition) is 7. The molecule has 0 N–H and O–H groups in total. The predicted octanol–water partition coefficient (Wildman–Crippen LogP) is 1.05. The molecule has 2 aromatic rings. The Kier molecular flexibility index (Phi) is 4.50. The predicted molar refractivity (Wildman–Crippen MR) is 88.6 cm³/mol. The van der Waals surface area contributed by atoms with Gasteiger partial charge in [-0.15, -0.1) is 5.10 Å². The molecule has 2 fully saturated rings. The number of piperidine rings is 1. The van der Waals surface area contributed by atoms with Crippen LogP contribution in [-0.2, 0) is 11.3 Å². The van der Waals surface area contributed by atoms with Gasteiger partial charge in [-0.05, 0) is 29.6 Å². The van der Waals surface area contributed by atoms with Crippen LogP contribution in [0.1, 0.15) is 22.5 Å². The summed E-state index contributed by atoms with van der Waals surface area (Å²) < 4.78 is 9.74. The molecule has 0 spiro atoms. The minimum atomic E-state index is -0.0332. The number of likely N-dealkylation sites (tertiary alicyclic amines) is 1. The summed E-state index contributed by atoms with van der Waals surface area (Å²) in [5.74, 6) is -0.0332. The van der Waals surface area contributed by atoms with Gasteiger partial charge in [0.25, 0.3) is 5.91 Å². The molecule has 2 saturated heterocycles. The van der Waals surface area contributed by atoms with Crippen LogP contribution < -0.4 is 0 Å². The van der Waals surface area contributed by atoms with Crippen LogP contribution >= 0.6 is 11.5 Å². The van der Waals surface area contributed by atoms with Gasteiger partial charge in [-0.25, -0.2) is 0 Å². The summed E-state index contributed by atoms with van der Waals surface area (Å²) in [5, 5.41) is 5.61. The molecule has 0 bridgehead atoms. The quantitative estimate of drug-likeness (QED) is 0.828. The summed E-state index contributed by atoms with van der Waals surface area (Å²) >= 11 is 1.21. The molecule has 2 atom stereocenters. The van der Waals surface area contributed by atoms with Gasteiger partial charge in [0.2, 0.25) is 0 Å². The number of carbonyl (C=O) groups is 1. The third-order valence-corrected chi connectivity index (χ3v) is 5.18. The highest BCUT2D eigenvalue weighted by Gasteiger charge is 2.38. The lowest BCUT2D eigenvalue weighted by Crippen LogP contribution is -2.60. The number of ether oxygens (including phenoxy) is 1. The standard InChI is InChI=1S/C16H19N5O2S/c22-16(13-11-24-19-18-13)21-5-3-15-14(10-21)20(6-7-23-15)9-12-2-1-4-17-8-12/h1-2,4,8,11,14-15H,3,5-7,9-10H2/t14-,15-/m0/s1. The number of pyridine rings is 1. The summed E-state index contributed by atoms with van der Waals surface area (Å²) in [6.45, 7) is 3.82. The molecule has 0 saturated carbocycles. The Morgan fingerprint density at radius 3 is 3.17 bits per heavy atom. The second-order valence-corrected chi connectivity index (χ2v) is 6.75. The number of hydrogen-bond donors (Lipinski definition) is 0. The van der Waals surface area contributed by atoms with Crippen molar-refractivity contribution in [2.45, 2.75) is 25.1 Å². The molecule has 2 aliphatic rings. The number of carbonyl (C=O) groups excluding carboxylic acids is 1. The van der Waals surface area contributed by atoms with Crippen LogP contribution in [0.5, 0.6) is 0 Å². The first-order chi connectivity index (χ1) is 11.8. The first kappa shape index (κ1) is 15.6. The third kappa shape index (κ3) is 3.17. The lowest BCUT2D eigenvalue weighted by atomic mass is 9.98. The number of morpholine rings is 1. The fourth-order valence-corrected chi connectivity index (χ4v) is 3.90. The maximum Gasteiger partial charge on any atom is 0.275 e. The molecule has 2 aromatic heterocycles. The summed E-state index contributed by atoms with van der Waals surface area (Å²) in [5.41, 5.74) is 1.62. The Hall–Kier alpha value is -1.90.